The van der Waals surface area contributed by atoms with Crippen molar-refractivity contribution >= 4 is 23.2 Å². The second kappa shape index (κ2) is 6.30. The Balaban J connectivity index is 2.43. The second-order valence-corrected chi connectivity index (χ2v) is 4.01. The summed E-state index contributed by atoms with van der Waals surface area (Å²) in [7, 11) is 0. The number of carbonyl (C=O) groups is 1. The van der Waals surface area contributed by atoms with Gasteiger partial charge < -0.3 is 10.6 Å². The number of benzene rings is 1. The number of para-hydroxylation sites is 1. The Morgan fingerprint density at radius 1 is 1.44 bits per heavy atom. The van der Waals surface area contributed by atoms with Crippen LogP contribution in [0, 0.1) is 0 Å². The van der Waals surface area contributed by atoms with Crippen molar-refractivity contribution in [2.75, 3.05) is 11.9 Å². The monoisotopic (exact) mass is 238 g/mol. The molecule has 0 heterocycles. The summed E-state index contributed by atoms with van der Waals surface area (Å²) in [4.78, 5) is 11.7. The highest BCUT2D eigenvalue weighted by molar-refractivity contribution is 6.29. The first-order valence-corrected chi connectivity index (χ1v) is 5.40. The van der Waals surface area contributed by atoms with Gasteiger partial charge in [0.05, 0.1) is 6.04 Å². The Morgan fingerprint density at radius 3 is 2.62 bits per heavy atom. The molecule has 0 saturated heterocycles. The quantitative estimate of drug-likeness (QED) is 0.827. The van der Waals surface area contributed by atoms with Gasteiger partial charge in [-0.25, -0.2) is 0 Å². The number of nitrogens with one attached hydrogen (secondary N) is 2. The molecule has 0 bridgehead atoms. The summed E-state index contributed by atoms with van der Waals surface area (Å²) in [5.74, 6) is -0.0934. The van der Waals surface area contributed by atoms with Crippen molar-refractivity contribution < 1.29 is 4.79 Å². The molecule has 1 aromatic rings. The van der Waals surface area contributed by atoms with Crippen molar-refractivity contribution in [1.29, 1.82) is 0 Å². The van der Waals surface area contributed by atoms with Crippen LogP contribution in [-0.4, -0.2) is 18.5 Å². The van der Waals surface area contributed by atoms with E-state index in [1.165, 1.54) is 0 Å². The van der Waals surface area contributed by atoms with Gasteiger partial charge in [-0.15, -0.1) is 0 Å². The predicted octanol–water partition coefficient (Wildman–Crippen LogP) is 2.36. The summed E-state index contributed by atoms with van der Waals surface area (Å²) < 4.78 is 0. The molecule has 0 aliphatic carbocycles. The van der Waals surface area contributed by atoms with E-state index < -0.39 is 0 Å². The molecule has 1 atom stereocenters. The van der Waals surface area contributed by atoms with Crippen molar-refractivity contribution in [3.8, 4) is 0 Å². The Labute approximate surface area is 100 Å². The zero-order chi connectivity index (χ0) is 12.0. The minimum atomic E-state index is -0.310. The van der Waals surface area contributed by atoms with Crippen LogP contribution in [0.1, 0.15) is 6.92 Å². The van der Waals surface area contributed by atoms with Crippen LogP contribution >= 0.6 is 11.6 Å². The van der Waals surface area contributed by atoms with Gasteiger partial charge in [-0.05, 0) is 19.1 Å². The zero-order valence-corrected chi connectivity index (χ0v) is 9.92. The van der Waals surface area contributed by atoms with E-state index >= 15 is 0 Å². The van der Waals surface area contributed by atoms with E-state index in [0.29, 0.717) is 11.6 Å². The SMILES string of the molecule is C=C(Cl)CNC(C)C(=O)Nc1ccccc1. The normalized spacial score (nSPS) is 11.9. The lowest BCUT2D eigenvalue weighted by molar-refractivity contribution is -0.117. The van der Waals surface area contributed by atoms with Crippen LogP contribution in [-0.2, 0) is 4.79 Å². The van der Waals surface area contributed by atoms with Gasteiger partial charge in [0.2, 0.25) is 5.91 Å². The number of amides is 1. The van der Waals surface area contributed by atoms with E-state index in [9.17, 15) is 4.79 Å². The molecule has 1 rings (SSSR count). The Morgan fingerprint density at radius 2 is 2.06 bits per heavy atom. The highest BCUT2D eigenvalue weighted by atomic mass is 35.5. The van der Waals surface area contributed by atoms with Gasteiger partial charge in [0, 0.05) is 17.3 Å². The molecule has 1 aromatic carbocycles. The molecule has 0 saturated carbocycles. The highest BCUT2D eigenvalue weighted by Gasteiger charge is 2.11. The van der Waals surface area contributed by atoms with Gasteiger partial charge in [-0.1, -0.05) is 36.4 Å². The van der Waals surface area contributed by atoms with E-state index in [-0.39, 0.29) is 11.9 Å². The fraction of sp³-hybridized carbons (Fsp3) is 0.250. The summed E-state index contributed by atoms with van der Waals surface area (Å²) in [6.07, 6.45) is 0. The molecule has 86 valence electrons. The maximum absolute atomic E-state index is 11.7. The molecule has 1 unspecified atom stereocenters. The summed E-state index contributed by atoms with van der Waals surface area (Å²) in [6, 6.07) is 9.00. The van der Waals surface area contributed by atoms with Gasteiger partial charge in [0.25, 0.3) is 0 Å². The largest absolute Gasteiger partial charge is 0.325 e. The minimum Gasteiger partial charge on any atom is -0.325 e. The topological polar surface area (TPSA) is 41.1 Å². The maximum atomic E-state index is 11.7. The number of hydrogen-bond acceptors (Lipinski definition) is 2. The molecular weight excluding hydrogens is 224 g/mol. The molecule has 0 aromatic heterocycles. The van der Waals surface area contributed by atoms with Crippen molar-refractivity contribution in [2.24, 2.45) is 0 Å². The van der Waals surface area contributed by atoms with Gasteiger partial charge in [-0.3, -0.25) is 4.79 Å². The Hall–Kier alpha value is -1.32. The molecule has 0 radical (unpaired) electrons. The number of carbonyl (C=O) groups excluding carboxylic acids is 1. The average molecular weight is 239 g/mol. The number of hydrogen-bond donors (Lipinski definition) is 2. The molecule has 0 aliphatic heterocycles. The van der Waals surface area contributed by atoms with Crippen molar-refractivity contribution in [3.63, 3.8) is 0 Å². The van der Waals surface area contributed by atoms with Gasteiger partial charge in [0.1, 0.15) is 0 Å². The second-order valence-electron chi connectivity index (χ2n) is 3.48. The van der Waals surface area contributed by atoms with Crippen LogP contribution < -0.4 is 10.6 Å². The van der Waals surface area contributed by atoms with Gasteiger partial charge in [-0.2, -0.15) is 0 Å². The third kappa shape index (κ3) is 4.47. The lowest BCUT2D eigenvalue weighted by Gasteiger charge is -2.13. The van der Waals surface area contributed by atoms with Gasteiger partial charge in [0.15, 0.2) is 0 Å². The molecule has 1 amide bonds. The molecule has 16 heavy (non-hydrogen) atoms. The predicted molar refractivity (Wildman–Crippen MR) is 67.5 cm³/mol. The fourth-order valence-corrected chi connectivity index (χ4v) is 1.21. The van der Waals surface area contributed by atoms with E-state index in [2.05, 4.69) is 17.2 Å². The summed E-state index contributed by atoms with van der Waals surface area (Å²) >= 11 is 5.60. The van der Waals surface area contributed by atoms with Crippen LogP contribution in [0.3, 0.4) is 0 Å². The number of anilines is 1. The lowest BCUT2D eigenvalue weighted by Crippen LogP contribution is -2.38. The standard InChI is InChI=1S/C12H15ClN2O/c1-9(13)8-14-10(2)12(16)15-11-6-4-3-5-7-11/h3-7,10,14H,1,8H2,2H3,(H,15,16). The minimum absolute atomic E-state index is 0.0934. The van der Waals surface area contributed by atoms with Crippen LogP contribution in [0.2, 0.25) is 0 Å². The van der Waals surface area contributed by atoms with Crippen LogP contribution in [0.4, 0.5) is 5.69 Å². The molecular formula is C12H15ClN2O. The van der Waals surface area contributed by atoms with E-state index in [4.69, 9.17) is 11.6 Å². The van der Waals surface area contributed by atoms with E-state index in [1.54, 1.807) is 6.92 Å². The molecule has 2 N–H and O–H groups in total. The summed E-state index contributed by atoms with van der Waals surface area (Å²) in [5, 5.41) is 6.24. The van der Waals surface area contributed by atoms with Crippen molar-refractivity contribution in [3.05, 3.63) is 41.9 Å². The first-order valence-electron chi connectivity index (χ1n) is 5.02. The maximum Gasteiger partial charge on any atom is 0.241 e. The van der Waals surface area contributed by atoms with E-state index in [1.807, 2.05) is 30.3 Å². The van der Waals surface area contributed by atoms with Crippen LogP contribution in [0.5, 0.6) is 0 Å². The third-order valence-electron chi connectivity index (χ3n) is 2.03. The number of rotatable bonds is 5. The molecule has 0 aliphatic rings. The lowest BCUT2D eigenvalue weighted by atomic mass is 10.2. The number of halogens is 1. The Kier molecular flexibility index (Phi) is 5.02. The average Bonchev–Trinajstić information content (AvgIpc) is 2.27. The molecule has 3 nitrogen and oxygen atoms in total. The molecule has 0 fully saturated rings. The molecule has 0 spiro atoms. The smallest absolute Gasteiger partial charge is 0.241 e. The molecule has 4 heteroatoms. The fourth-order valence-electron chi connectivity index (χ4n) is 1.13. The van der Waals surface area contributed by atoms with Crippen LogP contribution in [0.15, 0.2) is 41.9 Å². The first kappa shape index (κ1) is 12.7. The van der Waals surface area contributed by atoms with E-state index in [0.717, 1.165) is 5.69 Å². The van der Waals surface area contributed by atoms with Crippen molar-refractivity contribution in [2.45, 2.75) is 13.0 Å². The van der Waals surface area contributed by atoms with Crippen LogP contribution in [0.25, 0.3) is 0 Å². The Bertz CT molecular complexity index is 365. The first-order chi connectivity index (χ1) is 7.59. The zero-order valence-electron chi connectivity index (χ0n) is 9.16. The summed E-state index contributed by atoms with van der Waals surface area (Å²) in [6.45, 7) is 5.74. The summed E-state index contributed by atoms with van der Waals surface area (Å²) in [5.41, 5.74) is 0.783. The van der Waals surface area contributed by atoms with Crippen molar-refractivity contribution in [1.82, 2.24) is 5.32 Å². The van der Waals surface area contributed by atoms with Gasteiger partial charge >= 0.3 is 0 Å². The third-order valence-corrected chi connectivity index (χ3v) is 2.17. The highest BCUT2D eigenvalue weighted by Crippen LogP contribution is 2.05.